The molecule has 0 aromatic heterocycles. The number of nitrogens with zero attached hydrogens (tertiary/aromatic N) is 3. The zero-order valence-electron chi connectivity index (χ0n) is 27.8. The first-order valence-corrected chi connectivity index (χ1v) is 23.8. The average molecular weight is 782 g/mol. The van der Waals surface area contributed by atoms with Gasteiger partial charge in [0.05, 0.1) is 14.2 Å². The fourth-order valence-corrected chi connectivity index (χ4v) is 24.3. The van der Waals surface area contributed by atoms with E-state index in [2.05, 4.69) is 0 Å². The largest absolute Gasteiger partial charge is 0.497 e. The highest BCUT2D eigenvalue weighted by Gasteiger charge is 2.48. The Hall–Kier alpha value is -4.49. The molecule has 14 heteroatoms. The van der Waals surface area contributed by atoms with Gasteiger partial charge < -0.3 is 27.6 Å². The zero-order chi connectivity index (χ0) is 35.2. The zero-order valence-corrected chi connectivity index (χ0v) is 32.1. The van der Waals surface area contributed by atoms with E-state index < -0.39 is 20.9 Å². The van der Waals surface area contributed by atoms with Crippen molar-refractivity contribution in [2.45, 2.75) is 9.79 Å². The summed E-state index contributed by atoms with van der Waals surface area (Å²) in [5.74, 6) is 3.90. The molecule has 0 fully saturated rings. The normalized spacial score (nSPS) is 16.4. The maximum absolute atomic E-state index is 7.04. The maximum Gasteiger partial charge on any atom is 0.456 e. The molecule has 52 heavy (non-hydrogen) atoms. The highest BCUT2D eigenvalue weighted by Crippen LogP contribution is 2.89. The first-order chi connectivity index (χ1) is 25.5. The van der Waals surface area contributed by atoms with Gasteiger partial charge in [-0.3, -0.25) is 0 Å². The number of benzene rings is 6. The molecule has 0 N–H and O–H groups in total. The summed E-state index contributed by atoms with van der Waals surface area (Å²) in [5, 5.41) is 0. The number of hydrogen-bond donors (Lipinski definition) is 0. The summed E-state index contributed by atoms with van der Waals surface area (Å²) in [6.45, 7) is 0. The van der Waals surface area contributed by atoms with E-state index in [-0.39, 0.29) is 0 Å². The smallest absolute Gasteiger partial charge is 0.456 e. The summed E-state index contributed by atoms with van der Waals surface area (Å²) in [4.78, 5) is 1.85. The number of methoxy groups -OCH3 is 2. The molecule has 0 bridgehead atoms. The van der Waals surface area contributed by atoms with Gasteiger partial charge in [-0.2, -0.15) is 0 Å². The van der Waals surface area contributed by atoms with Crippen molar-refractivity contribution in [2.75, 3.05) is 14.2 Å². The van der Waals surface area contributed by atoms with Gasteiger partial charge >= 0.3 is 15.3 Å². The highest BCUT2D eigenvalue weighted by atomic mass is 33.1. The van der Waals surface area contributed by atoms with Crippen LogP contribution in [0.2, 0.25) is 0 Å². The number of para-hydroxylation sites is 4. The fraction of sp³-hybridized carbons (Fsp3) is 0.0526. The molecule has 6 aromatic rings. The van der Waals surface area contributed by atoms with Crippen molar-refractivity contribution in [3.63, 3.8) is 0 Å². The molecule has 0 aliphatic carbocycles. The van der Waals surface area contributed by atoms with Crippen LogP contribution in [0.5, 0.6) is 34.5 Å². The molecule has 9 nitrogen and oxygen atoms in total. The molecular formula is C38H30N3O6P3S2. The minimum absolute atomic E-state index is 0.603. The Labute approximate surface area is 309 Å². The van der Waals surface area contributed by atoms with Crippen LogP contribution in [0.1, 0.15) is 0 Å². The summed E-state index contributed by atoms with van der Waals surface area (Å²) < 4.78 is 55.7. The number of rotatable bonds is 6. The average Bonchev–Trinajstić information content (AvgIpc) is 3.38. The molecule has 6 aromatic carbocycles. The van der Waals surface area contributed by atoms with E-state index in [4.69, 9.17) is 41.1 Å². The minimum Gasteiger partial charge on any atom is -0.497 e. The Morgan fingerprint density at radius 1 is 0.404 bits per heavy atom. The molecule has 0 amide bonds. The molecular weight excluding hydrogens is 751 g/mol. The van der Waals surface area contributed by atoms with E-state index in [1.54, 1.807) is 14.2 Å². The van der Waals surface area contributed by atoms with Crippen LogP contribution in [-0.2, 0) is 0 Å². The Morgan fingerprint density at radius 2 is 0.731 bits per heavy atom. The summed E-state index contributed by atoms with van der Waals surface area (Å²) in [6.07, 6.45) is 0. The Balaban J connectivity index is 1.35. The third-order valence-electron chi connectivity index (χ3n) is 8.24. The van der Waals surface area contributed by atoms with Gasteiger partial charge in [0, 0.05) is 32.0 Å². The van der Waals surface area contributed by atoms with E-state index in [0.29, 0.717) is 23.0 Å². The van der Waals surface area contributed by atoms with Crippen molar-refractivity contribution >= 4 is 43.7 Å². The van der Waals surface area contributed by atoms with Crippen LogP contribution >= 0.6 is 43.7 Å². The van der Waals surface area contributed by atoms with Gasteiger partial charge in [0.2, 0.25) is 5.61 Å². The van der Waals surface area contributed by atoms with E-state index in [1.165, 1.54) is 22.8 Å². The molecule has 3 aliphatic rings. The van der Waals surface area contributed by atoms with E-state index >= 15 is 0 Å². The number of hydrogen-bond acceptors (Lipinski definition) is 11. The van der Waals surface area contributed by atoms with Gasteiger partial charge in [-0.05, 0) is 95.6 Å². The van der Waals surface area contributed by atoms with Crippen LogP contribution < -0.4 is 27.6 Å². The highest BCUT2D eigenvalue weighted by molar-refractivity contribution is 8.91. The number of fused-ring (bicyclic) bond motifs is 6. The van der Waals surface area contributed by atoms with Crippen molar-refractivity contribution in [3.8, 4) is 56.8 Å². The summed E-state index contributed by atoms with van der Waals surface area (Å²) in [7, 11) is -4.06. The van der Waals surface area contributed by atoms with Crippen LogP contribution in [0.15, 0.2) is 169 Å². The molecule has 0 unspecified atom stereocenters. The maximum atomic E-state index is 7.04. The second kappa shape index (κ2) is 13.5. The molecule has 9 rings (SSSR count). The second-order valence-electron chi connectivity index (χ2n) is 11.6. The number of ether oxygens (including phenoxy) is 2. The lowest BCUT2D eigenvalue weighted by molar-refractivity contribution is 0.414. The van der Waals surface area contributed by atoms with Crippen molar-refractivity contribution in [1.29, 1.82) is 0 Å². The first-order valence-electron chi connectivity index (χ1n) is 16.2. The molecule has 3 heterocycles. The van der Waals surface area contributed by atoms with Gasteiger partial charge in [0.25, 0.3) is 0 Å². The molecule has 0 radical (unpaired) electrons. The third kappa shape index (κ3) is 6.31. The van der Waals surface area contributed by atoms with E-state index in [0.717, 1.165) is 43.5 Å². The first kappa shape index (κ1) is 33.4. The minimum atomic E-state index is -3.68. The molecule has 3 aliphatic heterocycles. The monoisotopic (exact) mass is 781 g/mol. The molecule has 260 valence electrons. The van der Waals surface area contributed by atoms with Crippen molar-refractivity contribution < 1.29 is 27.6 Å². The van der Waals surface area contributed by atoms with Gasteiger partial charge in [0.1, 0.15) is 34.5 Å². The van der Waals surface area contributed by atoms with Crippen LogP contribution in [-0.4, -0.2) is 14.2 Å². The molecule has 0 atom stereocenters. The van der Waals surface area contributed by atoms with Crippen LogP contribution in [0.3, 0.4) is 0 Å². The van der Waals surface area contributed by atoms with E-state index in [9.17, 15) is 0 Å². The third-order valence-corrected chi connectivity index (χ3v) is 23.5. The Morgan fingerprint density at radius 3 is 1.08 bits per heavy atom. The van der Waals surface area contributed by atoms with Crippen molar-refractivity contribution in [3.05, 3.63) is 146 Å². The summed E-state index contributed by atoms with van der Waals surface area (Å²) in [5.41, 5.74) is 0.384. The Kier molecular flexibility index (Phi) is 8.65. The van der Waals surface area contributed by atoms with Gasteiger partial charge in [0.15, 0.2) is 0 Å². The van der Waals surface area contributed by atoms with Crippen molar-refractivity contribution in [2.24, 2.45) is 13.5 Å². The second-order valence-corrected chi connectivity index (χ2v) is 23.6. The Bertz CT molecular complexity index is 2260. The van der Waals surface area contributed by atoms with E-state index in [1.807, 2.05) is 146 Å². The summed E-state index contributed by atoms with van der Waals surface area (Å²) in [6, 6.07) is 47.2. The lowest BCUT2D eigenvalue weighted by Gasteiger charge is -2.32. The standard InChI is InChI=1S/C38H30N3O6P3S2/c1-42-27-19-23-29(24-20-27)51-50(52-30-25-21-28(43-2)22-26-30)40-48(44-35-15-7-3-11-31(35)32-12-4-8-16-36(32)45-48)39-49(41-50)46-37-17-9-5-13-33(37)34-14-6-10-18-38(34)47-49/h3-26H,1-2H3. The molecule has 2 spiro atoms. The predicted octanol–water partition coefficient (Wildman–Crippen LogP) is 13.7. The van der Waals surface area contributed by atoms with Crippen LogP contribution in [0.4, 0.5) is 0 Å². The molecule has 0 saturated carbocycles. The lowest BCUT2D eigenvalue weighted by atomic mass is 10.0. The predicted molar refractivity (Wildman–Crippen MR) is 212 cm³/mol. The van der Waals surface area contributed by atoms with Crippen molar-refractivity contribution in [1.82, 2.24) is 0 Å². The van der Waals surface area contributed by atoms with Crippen LogP contribution in [0, 0.1) is 0 Å². The topological polar surface area (TPSA) is 92.5 Å². The quantitative estimate of drug-likeness (QED) is 0.154. The molecule has 0 saturated heterocycles. The van der Waals surface area contributed by atoms with Crippen LogP contribution in [0.25, 0.3) is 22.3 Å². The SMILES string of the molecule is COc1ccc(SP2(Sc3ccc(OC)cc3)=NP3(=NP4(=N2)Oc2ccccc2-c2ccccc2O4)Oc2ccccc2-c2ccccc2O3)cc1. The van der Waals surface area contributed by atoms with Gasteiger partial charge in [-0.25, -0.2) is 0 Å². The van der Waals surface area contributed by atoms with Gasteiger partial charge in [-0.15, -0.1) is 9.03 Å². The lowest BCUT2D eigenvalue weighted by Crippen LogP contribution is -2.05. The van der Waals surface area contributed by atoms with Gasteiger partial charge in [-0.1, -0.05) is 77.3 Å². The summed E-state index contributed by atoms with van der Waals surface area (Å²) >= 11 is 3.08. The fourth-order valence-electron chi connectivity index (χ4n) is 5.89.